The number of para-hydroxylation sites is 2. The Balaban J connectivity index is 1.58. The summed E-state index contributed by atoms with van der Waals surface area (Å²) < 4.78 is 41.1. The average molecular weight is 453 g/mol. The molecule has 0 saturated carbocycles. The van der Waals surface area contributed by atoms with Crippen LogP contribution in [-0.4, -0.2) is 45.0 Å². The van der Waals surface area contributed by atoms with Crippen molar-refractivity contribution < 1.29 is 22.8 Å². The van der Waals surface area contributed by atoms with E-state index in [9.17, 15) is 22.8 Å². The number of amides is 2. The zero-order chi connectivity index (χ0) is 21.3. The number of hydrogen-bond donors (Lipinski definition) is 2. The molecule has 0 radical (unpaired) electrons. The van der Waals surface area contributed by atoms with E-state index in [0.717, 1.165) is 16.6 Å². The minimum absolute atomic E-state index is 0.00513. The van der Waals surface area contributed by atoms with E-state index in [-0.39, 0.29) is 22.3 Å². The van der Waals surface area contributed by atoms with E-state index in [1.54, 1.807) is 6.07 Å². The molecule has 0 fully saturated rings. The van der Waals surface area contributed by atoms with Gasteiger partial charge in [0.15, 0.2) is 5.82 Å². The molecule has 1 atom stereocenters. The summed E-state index contributed by atoms with van der Waals surface area (Å²) in [5, 5.41) is 11.3. The topological polar surface area (TPSA) is 91.0 Å². The number of thiophene rings is 1. The van der Waals surface area contributed by atoms with Gasteiger partial charge in [0.05, 0.1) is 28.4 Å². The average Bonchev–Trinajstić information content (AvgIpc) is 3.35. The van der Waals surface area contributed by atoms with Gasteiger partial charge in [-0.25, -0.2) is 4.98 Å². The molecule has 1 aromatic carbocycles. The summed E-state index contributed by atoms with van der Waals surface area (Å²) in [4.78, 5) is 30.6. The number of alkyl halides is 3. The van der Waals surface area contributed by atoms with Gasteiger partial charge in [0, 0.05) is 0 Å². The van der Waals surface area contributed by atoms with Crippen LogP contribution < -0.4 is 10.2 Å². The third-order valence-corrected chi connectivity index (χ3v) is 6.03. The highest BCUT2D eigenvalue weighted by atomic mass is 32.2. The standard InChI is InChI=1S/C18H14F3N5O2S2/c19-18(20,21)13-8-14(27)22-10-4-1-2-5-11(10)26(13)15(28)9-30-17-23-16(24-25-17)12-6-3-7-29-12/h1-7,13H,8-9H2,(H,22,27)(H,23,24,25)/t13-/m0/s1. The minimum atomic E-state index is -4.77. The Morgan fingerprint density at radius 1 is 1.27 bits per heavy atom. The van der Waals surface area contributed by atoms with E-state index in [1.165, 1.54) is 29.5 Å². The van der Waals surface area contributed by atoms with Gasteiger partial charge < -0.3 is 5.32 Å². The number of carbonyl (C=O) groups is 2. The fourth-order valence-corrected chi connectivity index (χ4v) is 4.35. The van der Waals surface area contributed by atoms with E-state index in [4.69, 9.17) is 0 Å². The number of aromatic amines is 1. The van der Waals surface area contributed by atoms with Crippen LogP contribution >= 0.6 is 23.1 Å². The SMILES string of the molecule is O=C1C[C@@H](C(F)(F)F)N(C(=O)CSc2n[nH]c(-c3cccs3)n2)c2ccccc2N1. The summed E-state index contributed by atoms with van der Waals surface area (Å²) in [5.41, 5.74) is 0.163. The van der Waals surface area contributed by atoms with E-state index >= 15 is 0 Å². The minimum Gasteiger partial charge on any atom is -0.324 e. The zero-order valence-electron chi connectivity index (χ0n) is 15.1. The van der Waals surface area contributed by atoms with Gasteiger partial charge in [-0.3, -0.25) is 19.6 Å². The number of fused-ring (bicyclic) bond motifs is 1. The van der Waals surface area contributed by atoms with Gasteiger partial charge in [0.2, 0.25) is 17.0 Å². The lowest BCUT2D eigenvalue weighted by Gasteiger charge is -2.31. The van der Waals surface area contributed by atoms with E-state index in [2.05, 4.69) is 20.5 Å². The van der Waals surface area contributed by atoms with Crippen molar-refractivity contribution in [3.63, 3.8) is 0 Å². The molecule has 0 saturated heterocycles. The second-order valence-electron chi connectivity index (χ2n) is 6.32. The van der Waals surface area contributed by atoms with Crippen LogP contribution in [0.3, 0.4) is 0 Å². The summed E-state index contributed by atoms with van der Waals surface area (Å²) >= 11 is 2.37. The fourth-order valence-electron chi connectivity index (χ4n) is 3.03. The van der Waals surface area contributed by atoms with Crippen LogP contribution in [0, 0.1) is 0 Å². The largest absolute Gasteiger partial charge is 0.409 e. The number of nitrogens with zero attached hydrogens (tertiary/aromatic N) is 3. The second kappa shape index (κ2) is 8.11. The maximum Gasteiger partial charge on any atom is 0.409 e. The highest BCUT2D eigenvalue weighted by molar-refractivity contribution is 7.99. The van der Waals surface area contributed by atoms with Gasteiger partial charge in [-0.2, -0.15) is 13.2 Å². The van der Waals surface area contributed by atoms with Crippen LogP contribution in [0.25, 0.3) is 10.7 Å². The number of thioether (sulfide) groups is 1. The predicted molar refractivity (Wildman–Crippen MR) is 107 cm³/mol. The first kappa shape index (κ1) is 20.4. The molecule has 30 heavy (non-hydrogen) atoms. The number of carbonyl (C=O) groups excluding carboxylic acids is 2. The van der Waals surface area contributed by atoms with Crippen molar-refractivity contribution in [2.24, 2.45) is 0 Å². The fraction of sp³-hybridized carbons (Fsp3) is 0.222. The molecule has 12 heteroatoms. The van der Waals surface area contributed by atoms with Gasteiger partial charge in [0.1, 0.15) is 6.04 Å². The highest BCUT2D eigenvalue weighted by Crippen LogP contribution is 2.38. The molecule has 0 spiro atoms. The van der Waals surface area contributed by atoms with Crippen LogP contribution in [0.5, 0.6) is 0 Å². The van der Waals surface area contributed by atoms with Gasteiger partial charge in [-0.05, 0) is 23.6 Å². The molecule has 3 aromatic rings. The number of benzene rings is 1. The summed E-state index contributed by atoms with van der Waals surface area (Å²) in [7, 11) is 0. The Labute approximate surface area is 176 Å². The van der Waals surface area contributed by atoms with Crippen LogP contribution in [0.4, 0.5) is 24.5 Å². The zero-order valence-corrected chi connectivity index (χ0v) is 16.8. The van der Waals surface area contributed by atoms with E-state index in [0.29, 0.717) is 10.7 Å². The predicted octanol–water partition coefficient (Wildman–Crippen LogP) is 3.93. The summed E-state index contributed by atoms with van der Waals surface area (Å²) in [6.07, 6.45) is -5.65. The highest BCUT2D eigenvalue weighted by Gasteiger charge is 2.48. The Bertz CT molecular complexity index is 1070. The number of H-pyrrole nitrogens is 1. The maximum atomic E-state index is 13.7. The number of anilines is 2. The summed E-state index contributed by atoms with van der Waals surface area (Å²) in [6, 6.07) is 7.36. The second-order valence-corrected chi connectivity index (χ2v) is 8.21. The molecular weight excluding hydrogens is 439 g/mol. The van der Waals surface area contributed by atoms with Crippen molar-refractivity contribution in [1.82, 2.24) is 15.2 Å². The molecular formula is C18H14F3N5O2S2. The van der Waals surface area contributed by atoms with Crippen LogP contribution in [0.15, 0.2) is 46.9 Å². The van der Waals surface area contributed by atoms with Crippen molar-refractivity contribution in [3.05, 3.63) is 41.8 Å². The van der Waals surface area contributed by atoms with Crippen molar-refractivity contribution in [1.29, 1.82) is 0 Å². The Morgan fingerprint density at radius 3 is 2.80 bits per heavy atom. The molecule has 2 amide bonds. The van der Waals surface area contributed by atoms with Crippen LogP contribution in [0.1, 0.15) is 6.42 Å². The summed E-state index contributed by atoms with van der Waals surface area (Å²) in [6.45, 7) is 0. The number of aromatic nitrogens is 3. The molecule has 1 aliphatic heterocycles. The van der Waals surface area contributed by atoms with Crippen LogP contribution in [0.2, 0.25) is 0 Å². The third kappa shape index (κ3) is 4.19. The number of nitrogens with one attached hydrogen (secondary N) is 2. The molecule has 0 bridgehead atoms. The van der Waals surface area contributed by atoms with E-state index in [1.807, 2.05) is 17.5 Å². The van der Waals surface area contributed by atoms with Gasteiger partial charge in [0.25, 0.3) is 0 Å². The molecule has 0 aliphatic carbocycles. The molecule has 0 unspecified atom stereocenters. The van der Waals surface area contributed by atoms with Gasteiger partial charge in [-0.1, -0.05) is 30.0 Å². The molecule has 2 aromatic heterocycles. The number of rotatable bonds is 4. The van der Waals surface area contributed by atoms with Gasteiger partial charge >= 0.3 is 6.18 Å². The molecule has 1 aliphatic rings. The van der Waals surface area contributed by atoms with Crippen LogP contribution in [-0.2, 0) is 9.59 Å². The molecule has 2 N–H and O–H groups in total. The smallest absolute Gasteiger partial charge is 0.324 e. The normalized spacial score (nSPS) is 16.7. The molecule has 3 heterocycles. The van der Waals surface area contributed by atoms with Crippen molar-refractivity contribution >= 4 is 46.3 Å². The quantitative estimate of drug-likeness (QED) is 0.584. The first-order valence-corrected chi connectivity index (χ1v) is 10.6. The van der Waals surface area contributed by atoms with E-state index < -0.39 is 30.5 Å². The lowest BCUT2D eigenvalue weighted by molar-refractivity contribution is -0.157. The van der Waals surface area contributed by atoms with Gasteiger partial charge in [-0.15, -0.1) is 16.4 Å². The first-order valence-electron chi connectivity index (χ1n) is 8.69. The van der Waals surface area contributed by atoms with Crippen molar-refractivity contribution in [2.45, 2.75) is 23.8 Å². The maximum absolute atomic E-state index is 13.7. The monoisotopic (exact) mass is 453 g/mol. The lowest BCUT2D eigenvalue weighted by atomic mass is 10.1. The third-order valence-electron chi connectivity index (χ3n) is 4.32. The number of halogens is 3. The summed E-state index contributed by atoms with van der Waals surface area (Å²) in [5.74, 6) is -1.41. The van der Waals surface area contributed by atoms with Crippen molar-refractivity contribution in [2.75, 3.05) is 16.0 Å². The lowest BCUT2D eigenvalue weighted by Crippen LogP contribution is -2.50. The Kier molecular flexibility index (Phi) is 5.52. The Hall–Kier alpha value is -2.86. The number of hydrogen-bond acceptors (Lipinski definition) is 6. The molecule has 156 valence electrons. The molecule has 7 nitrogen and oxygen atoms in total. The Morgan fingerprint density at radius 2 is 2.07 bits per heavy atom. The molecule has 4 rings (SSSR count). The van der Waals surface area contributed by atoms with Crippen molar-refractivity contribution in [3.8, 4) is 10.7 Å². The first-order chi connectivity index (χ1) is 14.3.